The predicted octanol–water partition coefficient (Wildman–Crippen LogP) is 2.96. The number of nitrogens with one attached hydrogen (secondary N) is 1. The Morgan fingerprint density at radius 1 is 1.05 bits per heavy atom. The third-order valence-electron chi connectivity index (χ3n) is 5.97. The predicted molar refractivity (Wildman–Crippen MR) is 77.3 cm³/mol. The fourth-order valence-corrected chi connectivity index (χ4v) is 4.05. The fourth-order valence-electron chi connectivity index (χ4n) is 4.05. The molecule has 114 valence electrons. The molecule has 0 aromatic carbocycles. The van der Waals surface area contributed by atoms with Gasteiger partial charge in [0.05, 0.1) is 12.0 Å². The van der Waals surface area contributed by atoms with E-state index in [4.69, 9.17) is 5.11 Å². The van der Waals surface area contributed by atoms with Gasteiger partial charge in [0.1, 0.15) is 0 Å². The highest BCUT2D eigenvalue weighted by atomic mass is 16.4. The van der Waals surface area contributed by atoms with Crippen LogP contribution in [0.3, 0.4) is 0 Å². The van der Waals surface area contributed by atoms with E-state index in [0.29, 0.717) is 0 Å². The zero-order valence-corrected chi connectivity index (χ0v) is 13.1. The van der Waals surface area contributed by atoms with E-state index < -0.39 is 11.5 Å². The van der Waals surface area contributed by atoms with Crippen molar-refractivity contribution < 1.29 is 14.7 Å². The van der Waals surface area contributed by atoms with Gasteiger partial charge >= 0.3 is 5.97 Å². The molecule has 0 aromatic rings. The second-order valence-corrected chi connectivity index (χ2v) is 7.78. The highest BCUT2D eigenvalue weighted by Gasteiger charge is 2.68. The number of carboxylic acid groups (broad SMARTS) is 1. The normalized spacial score (nSPS) is 26.8. The lowest BCUT2D eigenvalue weighted by Gasteiger charge is -2.37. The Hall–Kier alpha value is -1.06. The number of aliphatic carboxylic acids is 1. The van der Waals surface area contributed by atoms with Crippen LogP contribution < -0.4 is 5.32 Å². The van der Waals surface area contributed by atoms with Crippen LogP contribution in [-0.2, 0) is 9.59 Å². The van der Waals surface area contributed by atoms with Gasteiger partial charge in [0.15, 0.2) is 0 Å². The topological polar surface area (TPSA) is 66.4 Å². The number of hydrogen-bond acceptors (Lipinski definition) is 2. The quantitative estimate of drug-likeness (QED) is 0.832. The zero-order chi connectivity index (χ0) is 15.2. The lowest BCUT2D eigenvalue weighted by Crippen LogP contribution is -2.52. The first-order chi connectivity index (χ1) is 9.12. The summed E-state index contributed by atoms with van der Waals surface area (Å²) in [5.74, 6) is -0.785. The largest absolute Gasteiger partial charge is 0.481 e. The van der Waals surface area contributed by atoms with Gasteiger partial charge in [-0.1, -0.05) is 47.0 Å². The summed E-state index contributed by atoms with van der Waals surface area (Å²) < 4.78 is 0. The SMILES string of the molecule is CC1(C)C(C(=O)NC2(CC(=O)O)CCCCC2)C1(C)C. The molecular weight excluding hydrogens is 254 g/mol. The molecule has 2 aliphatic rings. The molecule has 0 bridgehead atoms. The lowest BCUT2D eigenvalue weighted by molar-refractivity contribution is -0.139. The van der Waals surface area contributed by atoms with Gasteiger partial charge in [-0.15, -0.1) is 0 Å². The number of carboxylic acids is 1. The van der Waals surface area contributed by atoms with Crippen molar-refractivity contribution >= 4 is 11.9 Å². The maximum absolute atomic E-state index is 12.6. The summed E-state index contributed by atoms with van der Waals surface area (Å²) in [6.07, 6.45) is 4.78. The van der Waals surface area contributed by atoms with Gasteiger partial charge in [0.25, 0.3) is 0 Å². The molecular formula is C16H27NO3. The molecule has 2 rings (SSSR count). The van der Waals surface area contributed by atoms with Gasteiger partial charge < -0.3 is 10.4 Å². The summed E-state index contributed by atoms with van der Waals surface area (Å²) >= 11 is 0. The van der Waals surface area contributed by atoms with Crippen molar-refractivity contribution in [2.45, 2.75) is 71.8 Å². The van der Waals surface area contributed by atoms with Gasteiger partial charge in [-0.25, -0.2) is 0 Å². The Balaban J connectivity index is 2.09. The van der Waals surface area contributed by atoms with E-state index in [1.807, 2.05) is 0 Å². The molecule has 2 saturated carbocycles. The Bertz CT molecular complexity index is 405. The van der Waals surface area contributed by atoms with Crippen molar-refractivity contribution in [1.82, 2.24) is 5.32 Å². The van der Waals surface area contributed by atoms with Gasteiger partial charge in [0.2, 0.25) is 5.91 Å². The average Bonchev–Trinajstić information content (AvgIpc) is 2.68. The van der Waals surface area contributed by atoms with E-state index in [1.54, 1.807) is 0 Å². The van der Waals surface area contributed by atoms with E-state index in [-0.39, 0.29) is 29.1 Å². The highest BCUT2D eigenvalue weighted by Crippen LogP contribution is 2.68. The second-order valence-electron chi connectivity index (χ2n) is 7.78. The van der Waals surface area contributed by atoms with E-state index >= 15 is 0 Å². The molecule has 0 atom stereocenters. The van der Waals surface area contributed by atoms with Crippen LogP contribution in [0, 0.1) is 16.7 Å². The summed E-state index contributed by atoms with van der Waals surface area (Å²) in [7, 11) is 0. The summed E-state index contributed by atoms with van der Waals surface area (Å²) in [6, 6.07) is 0. The minimum atomic E-state index is -0.818. The maximum atomic E-state index is 12.6. The molecule has 0 saturated heterocycles. The summed E-state index contributed by atoms with van der Waals surface area (Å²) in [5.41, 5.74) is -0.526. The van der Waals surface area contributed by atoms with Gasteiger partial charge in [0, 0.05) is 5.92 Å². The number of rotatable bonds is 4. The molecule has 1 amide bonds. The molecule has 4 heteroatoms. The molecule has 0 aliphatic heterocycles. The molecule has 2 aliphatic carbocycles. The average molecular weight is 281 g/mol. The van der Waals surface area contributed by atoms with Crippen molar-refractivity contribution in [1.29, 1.82) is 0 Å². The van der Waals surface area contributed by atoms with Gasteiger partial charge in [-0.2, -0.15) is 0 Å². The first-order valence-corrected chi connectivity index (χ1v) is 7.66. The molecule has 4 nitrogen and oxygen atoms in total. The number of hydrogen-bond donors (Lipinski definition) is 2. The molecule has 0 spiro atoms. The minimum Gasteiger partial charge on any atom is -0.481 e. The fraction of sp³-hybridized carbons (Fsp3) is 0.875. The lowest BCUT2D eigenvalue weighted by atomic mass is 9.79. The molecule has 0 radical (unpaired) electrons. The number of amides is 1. The van der Waals surface area contributed by atoms with E-state index in [9.17, 15) is 9.59 Å². The first-order valence-electron chi connectivity index (χ1n) is 7.66. The van der Waals surface area contributed by atoms with Crippen LogP contribution in [0.5, 0.6) is 0 Å². The van der Waals surface area contributed by atoms with Gasteiger partial charge in [-0.3, -0.25) is 9.59 Å². The molecule has 0 heterocycles. The van der Waals surface area contributed by atoms with Crippen molar-refractivity contribution in [2.24, 2.45) is 16.7 Å². The van der Waals surface area contributed by atoms with Crippen molar-refractivity contribution in [3.05, 3.63) is 0 Å². The van der Waals surface area contributed by atoms with Crippen LogP contribution >= 0.6 is 0 Å². The Labute approximate surface area is 121 Å². The highest BCUT2D eigenvalue weighted by molar-refractivity contribution is 5.85. The molecule has 2 fully saturated rings. The van der Waals surface area contributed by atoms with Crippen molar-refractivity contribution in [3.63, 3.8) is 0 Å². The Kier molecular flexibility index (Phi) is 3.64. The molecule has 2 N–H and O–H groups in total. The van der Waals surface area contributed by atoms with E-state index in [1.165, 1.54) is 0 Å². The van der Waals surface area contributed by atoms with E-state index in [0.717, 1.165) is 32.1 Å². The van der Waals surface area contributed by atoms with Crippen molar-refractivity contribution in [2.75, 3.05) is 0 Å². The molecule has 0 aromatic heterocycles. The van der Waals surface area contributed by atoms with Crippen LogP contribution in [0.25, 0.3) is 0 Å². The summed E-state index contributed by atoms with van der Waals surface area (Å²) in [6.45, 7) is 8.45. The third kappa shape index (κ3) is 2.45. The number of carbonyl (C=O) groups excluding carboxylic acids is 1. The minimum absolute atomic E-state index is 0.00381. The third-order valence-corrected chi connectivity index (χ3v) is 5.97. The van der Waals surface area contributed by atoms with Crippen LogP contribution in [0.1, 0.15) is 66.2 Å². The maximum Gasteiger partial charge on any atom is 0.305 e. The standard InChI is InChI=1S/C16H27NO3/c1-14(2)12(15(14,3)4)13(20)17-16(10-11(18)19)8-6-5-7-9-16/h12H,5-10H2,1-4H3,(H,17,20)(H,18,19). The Morgan fingerprint density at radius 2 is 1.55 bits per heavy atom. The summed E-state index contributed by atoms with van der Waals surface area (Å²) in [4.78, 5) is 23.7. The van der Waals surface area contributed by atoms with E-state index in [2.05, 4.69) is 33.0 Å². The first kappa shape index (κ1) is 15.3. The molecule has 0 unspecified atom stereocenters. The summed E-state index contributed by atoms with van der Waals surface area (Å²) in [5, 5.41) is 12.3. The molecule has 20 heavy (non-hydrogen) atoms. The number of carbonyl (C=O) groups is 2. The van der Waals surface area contributed by atoms with Crippen LogP contribution in [0.2, 0.25) is 0 Å². The second kappa shape index (κ2) is 4.74. The van der Waals surface area contributed by atoms with Gasteiger partial charge in [-0.05, 0) is 23.7 Å². The monoisotopic (exact) mass is 281 g/mol. The Morgan fingerprint density at radius 3 is 1.95 bits per heavy atom. The van der Waals surface area contributed by atoms with Crippen molar-refractivity contribution in [3.8, 4) is 0 Å². The van der Waals surface area contributed by atoms with Crippen LogP contribution in [-0.4, -0.2) is 22.5 Å². The van der Waals surface area contributed by atoms with Crippen LogP contribution in [0.15, 0.2) is 0 Å². The van der Waals surface area contributed by atoms with Crippen LogP contribution in [0.4, 0.5) is 0 Å². The smallest absolute Gasteiger partial charge is 0.305 e. The zero-order valence-electron chi connectivity index (χ0n) is 13.1.